The summed E-state index contributed by atoms with van der Waals surface area (Å²) in [5.74, 6) is 0.838. The molecular formula is C21H25N7O5. The second-order valence-electron chi connectivity index (χ2n) is 6.81. The summed E-state index contributed by atoms with van der Waals surface area (Å²) >= 11 is 0. The number of hydrogen-bond acceptors (Lipinski definition) is 8. The Morgan fingerprint density at radius 2 is 1.94 bits per heavy atom. The first-order valence-corrected chi connectivity index (χ1v) is 10.3. The molecule has 3 aromatic rings. The molecule has 0 saturated heterocycles. The van der Waals surface area contributed by atoms with Crippen molar-refractivity contribution in [2.45, 2.75) is 13.8 Å². The first-order chi connectivity index (χ1) is 15.9. The van der Waals surface area contributed by atoms with Gasteiger partial charge in [0.25, 0.3) is 0 Å². The molecule has 174 valence electrons. The van der Waals surface area contributed by atoms with Crippen LogP contribution in [0.4, 0.5) is 20.2 Å². The molecular weight excluding hydrogens is 430 g/mol. The third kappa shape index (κ3) is 6.17. The second kappa shape index (κ2) is 10.9. The molecule has 0 spiro atoms. The van der Waals surface area contributed by atoms with Crippen LogP contribution in [0.1, 0.15) is 13.8 Å². The number of nitrogens with two attached hydrogens (primary N) is 1. The lowest BCUT2D eigenvalue weighted by atomic mass is 10.2. The minimum absolute atomic E-state index is 0.184. The molecule has 0 atom stereocenters. The lowest BCUT2D eigenvalue weighted by Crippen LogP contribution is -2.37. The van der Waals surface area contributed by atoms with Crippen molar-refractivity contribution < 1.29 is 23.9 Å². The summed E-state index contributed by atoms with van der Waals surface area (Å²) in [5.41, 5.74) is 5.35. The van der Waals surface area contributed by atoms with Crippen LogP contribution in [0.5, 0.6) is 11.6 Å². The normalized spacial score (nSPS) is 10.8. The number of aromatic nitrogens is 3. The first kappa shape index (κ1) is 23.5. The number of carbonyl (C=O) groups is 3. The average Bonchev–Trinajstić information content (AvgIpc) is 3.22. The second-order valence-corrected chi connectivity index (χ2v) is 6.81. The molecule has 3 rings (SSSR count). The highest BCUT2D eigenvalue weighted by Crippen LogP contribution is 2.30. The number of hydrogen-bond donors (Lipinski definition) is 3. The number of rotatable bonds is 8. The van der Waals surface area contributed by atoms with Gasteiger partial charge in [0, 0.05) is 30.7 Å². The summed E-state index contributed by atoms with van der Waals surface area (Å²) in [5, 5.41) is 5.99. The van der Waals surface area contributed by atoms with Gasteiger partial charge in [-0.3, -0.25) is 9.88 Å². The van der Waals surface area contributed by atoms with Crippen molar-refractivity contribution in [2.24, 2.45) is 5.73 Å². The molecule has 2 heterocycles. The van der Waals surface area contributed by atoms with E-state index < -0.39 is 12.2 Å². The molecule has 12 nitrogen and oxygen atoms in total. The SMILES string of the molecule is CCN(CC)CCNC(=O)Nc1cc(Oc2cccc3c2ccn3C(=O)OC(N)=O)ncn1. The molecule has 3 amide bonds. The van der Waals surface area contributed by atoms with Gasteiger partial charge in [-0.2, -0.15) is 0 Å². The van der Waals surface area contributed by atoms with Gasteiger partial charge in [0.15, 0.2) is 0 Å². The van der Waals surface area contributed by atoms with Crippen molar-refractivity contribution in [3.8, 4) is 11.6 Å². The van der Waals surface area contributed by atoms with Gasteiger partial charge in [0.1, 0.15) is 17.9 Å². The van der Waals surface area contributed by atoms with Gasteiger partial charge in [-0.1, -0.05) is 19.9 Å². The molecule has 0 aliphatic carbocycles. The summed E-state index contributed by atoms with van der Waals surface area (Å²) < 4.78 is 11.4. The zero-order chi connectivity index (χ0) is 23.8. The Labute approximate surface area is 189 Å². The van der Waals surface area contributed by atoms with Gasteiger partial charge in [0.05, 0.1) is 5.52 Å². The van der Waals surface area contributed by atoms with E-state index in [2.05, 4.69) is 44.1 Å². The molecule has 4 N–H and O–H groups in total. The van der Waals surface area contributed by atoms with Crippen LogP contribution in [-0.4, -0.2) is 63.8 Å². The van der Waals surface area contributed by atoms with Gasteiger partial charge < -0.3 is 25.4 Å². The molecule has 0 unspecified atom stereocenters. The van der Waals surface area contributed by atoms with Gasteiger partial charge >= 0.3 is 18.2 Å². The average molecular weight is 455 g/mol. The van der Waals surface area contributed by atoms with Crippen molar-refractivity contribution in [2.75, 3.05) is 31.5 Å². The standard InChI is InChI=1S/C21H25N7O5/c1-3-27(4-2)11-9-23-20(30)26-17-12-18(25-13-24-17)32-16-7-5-6-15-14(16)8-10-28(15)21(31)33-19(22)29/h5-8,10,12-13H,3-4,9,11H2,1-2H3,(H2,22,29)(H2,23,24,25,26,30). The monoisotopic (exact) mass is 455 g/mol. The van der Waals surface area contributed by atoms with Crippen LogP contribution in [0.15, 0.2) is 42.9 Å². The Morgan fingerprint density at radius 1 is 1.15 bits per heavy atom. The van der Waals surface area contributed by atoms with Crippen molar-refractivity contribution in [1.82, 2.24) is 24.8 Å². The third-order valence-corrected chi connectivity index (χ3v) is 4.78. The molecule has 0 fully saturated rings. The van der Waals surface area contributed by atoms with E-state index in [1.165, 1.54) is 18.6 Å². The van der Waals surface area contributed by atoms with Crippen molar-refractivity contribution >= 4 is 34.9 Å². The van der Waals surface area contributed by atoms with Crippen LogP contribution >= 0.6 is 0 Å². The van der Waals surface area contributed by atoms with Crippen LogP contribution < -0.4 is 21.1 Å². The number of anilines is 1. The molecule has 0 bridgehead atoms. The Morgan fingerprint density at radius 3 is 2.67 bits per heavy atom. The minimum Gasteiger partial charge on any atom is -0.438 e. The Balaban J connectivity index is 1.68. The predicted molar refractivity (Wildman–Crippen MR) is 120 cm³/mol. The number of nitrogens with zero attached hydrogens (tertiary/aromatic N) is 4. The summed E-state index contributed by atoms with van der Waals surface area (Å²) in [6.45, 7) is 7.19. The maximum Gasteiger partial charge on any atom is 0.427 e. The Hall–Kier alpha value is -4.19. The van der Waals surface area contributed by atoms with E-state index in [1.54, 1.807) is 24.3 Å². The molecule has 33 heavy (non-hydrogen) atoms. The van der Waals surface area contributed by atoms with E-state index in [0.29, 0.717) is 23.2 Å². The zero-order valence-electron chi connectivity index (χ0n) is 18.3. The Bertz CT molecular complexity index is 1140. The molecule has 2 aromatic heterocycles. The van der Waals surface area contributed by atoms with E-state index in [1.807, 2.05) is 0 Å². The number of fused-ring (bicyclic) bond motifs is 1. The van der Waals surface area contributed by atoms with E-state index in [-0.39, 0.29) is 17.7 Å². The summed E-state index contributed by atoms with van der Waals surface area (Å²) in [4.78, 5) is 45.3. The van der Waals surface area contributed by atoms with Gasteiger partial charge in [0.2, 0.25) is 5.88 Å². The quantitative estimate of drug-likeness (QED) is 0.438. The largest absolute Gasteiger partial charge is 0.438 e. The maximum atomic E-state index is 12.1. The van der Waals surface area contributed by atoms with Crippen molar-refractivity contribution in [1.29, 1.82) is 0 Å². The zero-order valence-corrected chi connectivity index (χ0v) is 18.3. The lowest BCUT2D eigenvalue weighted by molar-refractivity contribution is 0.159. The molecule has 0 aliphatic heterocycles. The first-order valence-electron chi connectivity index (χ1n) is 10.3. The topological polar surface area (TPSA) is 154 Å². The molecule has 12 heteroatoms. The number of ether oxygens (including phenoxy) is 2. The highest BCUT2D eigenvalue weighted by atomic mass is 16.6. The van der Waals surface area contributed by atoms with Crippen molar-refractivity contribution in [3.63, 3.8) is 0 Å². The van der Waals surface area contributed by atoms with Gasteiger partial charge in [-0.05, 0) is 31.3 Å². The Kier molecular flexibility index (Phi) is 7.76. The molecule has 0 aliphatic rings. The lowest BCUT2D eigenvalue weighted by Gasteiger charge is -2.18. The number of likely N-dealkylation sites (N-methyl/N-ethyl adjacent to an activating group) is 1. The van der Waals surface area contributed by atoms with Gasteiger partial charge in [-0.25, -0.2) is 24.4 Å². The number of benzene rings is 1. The predicted octanol–water partition coefficient (Wildman–Crippen LogP) is 2.75. The highest BCUT2D eigenvalue weighted by molar-refractivity contribution is 5.95. The maximum absolute atomic E-state index is 12.1. The van der Waals surface area contributed by atoms with Crippen LogP contribution in [0.2, 0.25) is 0 Å². The fourth-order valence-electron chi connectivity index (χ4n) is 3.13. The third-order valence-electron chi connectivity index (χ3n) is 4.78. The molecule has 1 aromatic carbocycles. The van der Waals surface area contributed by atoms with E-state index in [0.717, 1.165) is 24.2 Å². The van der Waals surface area contributed by atoms with Crippen LogP contribution in [-0.2, 0) is 4.74 Å². The van der Waals surface area contributed by atoms with Crippen LogP contribution in [0.3, 0.4) is 0 Å². The smallest absolute Gasteiger partial charge is 0.427 e. The summed E-state index contributed by atoms with van der Waals surface area (Å²) in [6, 6.07) is 7.70. The van der Waals surface area contributed by atoms with E-state index in [4.69, 9.17) is 10.5 Å². The van der Waals surface area contributed by atoms with Crippen molar-refractivity contribution in [3.05, 3.63) is 42.9 Å². The van der Waals surface area contributed by atoms with Crippen LogP contribution in [0.25, 0.3) is 10.9 Å². The molecule has 0 saturated carbocycles. The van der Waals surface area contributed by atoms with Gasteiger partial charge in [-0.15, -0.1) is 0 Å². The number of amides is 3. The fourth-order valence-corrected chi connectivity index (χ4v) is 3.13. The number of primary amides is 1. The van der Waals surface area contributed by atoms with Crippen LogP contribution in [0, 0.1) is 0 Å². The fraction of sp³-hybridized carbons (Fsp3) is 0.286. The minimum atomic E-state index is -1.20. The number of urea groups is 1. The number of carbonyl (C=O) groups excluding carboxylic acids is 3. The summed E-state index contributed by atoms with van der Waals surface area (Å²) in [6.07, 6.45) is 0.553. The van der Waals surface area contributed by atoms with E-state index >= 15 is 0 Å². The number of nitrogens with one attached hydrogen (secondary N) is 2. The highest BCUT2D eigenvalue weighted by Gasteiger charge is 2.15. The van der Waals surface area contributed by atoms with E-state index in [9.17, 15) is 14.4 Å². The molecule has 0 radical (unpaired) electrons. The summed E-state index contributed by atoms with van der Waals surface area (Å²) in [7, 11) is 0.